The first-order chi connectivity index (χ1) is 10.0. The second-order valence-electron chi connectivity index (χ2n) is 6.99. The molecule has 0 radical (unpaired) electrons. The lowest BCUT2D eigenvalue weighted by Gasteiger charge is -2.45. The minimum Gasteiger partial charge on any atom is -0.497 e. The molecule has 1 N–H and O–H groups in total. The van der Waals surface area contributed by atoms with Gasteiger partial charge >= 0.3 is 0 Å². The highest BCUT2D eigenvalue weighted by Gasteiger charge is 2.43. The molecule has 1 heterocycles. The van der Waals surface area contributed by atoms with Gasteiger partial charge in [-0.15, -0.1) is 0 Å². The van der Waals surface area contributed by atoms with Gasteiger partial charge in [-0.05, 0) is 49.7 Å². The van der Waals surface area contributed by atoms with Gasteiger partial charge in [-0.1, -0.05) is 13.8 Å². The van der Waals surface area contributed by atoms with Gasteiger partial charge in [0.25, 0.3) is 0 Å². The van der Waals surface area contributed by atoms with E-state index in [9.17, 15) is 5.11 Å². The van der Waals surface area contributed by atoms with Crippen LogP contribution in [0.25, 0.3) is 0 Å². The van der Waals surface area contributed by atoms with Gasteiger partial charge in [-0.2, -0.15) is 0 Å². The summed E-state index contributed by atoms with van der Waals surface area (Å²) in [6.45, 7) is 4.61. The molecule has 1 spiro atoms. The van der Waals surface area contributed by atoms with E-state index in [1.54, 1.807) is 7.11 Å². The lowest BCUT2D eigenvalue weighted by atomic mass is 9.71. The molecule has 1 fully saturated rings. The second kappa shape index (κ2) is 5.53. The van der Waals surface area contributed by atoms with Crippen molar-refractivity contribution in [3.05, 3.63) is 23.8 Å². The van der Waals surface area contributed by atoms with Crippen LogP contribution in [0.2, 0.25) is 0 Å². The quantitative estimate of drug-likeness (QED) is 0.891. The molecule has 1 atom stereocenters. The van der Waals surface area contributed by atoms with Crippen LogP contribution < -0.4 is 9.47 Å². The third kappa shape index (κ3) is 2.76. The van der Waals surface area contributed by atoms with Crippen LogP contribution >= 0.6 is 0 Å². The van der Waals surface area contributed by atoms with E-state index in [-0.39, 0.29) is 5.60 Å². The van der Waals surface area contributed by atoms with Crippen LogP contribution in [0.5, 0.6) is 11.5 Å². The van der Waals surface area contributed by atoms with E-state index in [4.69, 9.17) is 9.47 Å². The fourth-order valence-corrected chi connectivity index (χ4v) is 3.88. The molecule has 3 heteroatoms. The average Bonchev–Trinajstić information content (AvgIpc) is 2.47. The summed E-state index contributed by atoms with van der Waals surface area (Å²) in [6, 6.07) is 5.72. The topological polar surface area (TPSA) is 38.7 Å². The summed E-state index contributed by atoms with van der Waals surface area (Å²) in [5, 5.41) is 10.5. The number of aliphatic hydroxyl groups is 1. The maximum absolute atomic E-state index is 10.5. The molecule has 0 unspecified atom stereocenters. The van der Waals surface area contributed by atoms with Crippen LogP contribution in [0.1, 0.15) is 57.6 Å². The third-order valence-corrected chi connectivity index (χ3v) is 5.36. The fraction of sp³-hybridized carbons (Fsp3) is 0.667. The molecule has 0 aromatic heterocycles. The summed E-state index contributed by atoms with van der Waals surface area (Å²) in [5.41, 5.74) is 0.719. The average molecular weight is 290 g/mol. The zero-order valence-corrected chi connectivity index (χ0v) is 13.3. The largest absolute Gasteiger partial charge is 0.497 e. The maximum atomic E-state index is 10.5. The predicted molar refractivity (Wildman–Crippen MR) is 82.7 cm³/mol. The molecule has 0 amide bonds. The van der Waals surface area contributed by atoms with E-state index in [1.807, 2.05) is 18.2 Å². The van der Waals surface area contributed by atoms with E-state index in [1.165, 1.54) is 12.8 Å². The van der Waals surface area contributed by atoms with Gasteiger partial charge in [-0.25, -0.2) is 0 Å². The van der Waals surface area contributed by atoms with Crippen molar-refractivity contribution in [3.63, 3.8) is 0 Å². The van der Waals surface area contributed by atoms with Crippen LogP contribution in [0.4, 0.5) is 0 Å². The summed E-state index contributed by atoms with van der Waals surface area (Å²) in [6.07, 6.45) is 4.78. The van der Waals surface area contributed by atoms with Crippen molar-refractivity contribution < 1.29 is 14.6 Å². The minimum atomic E-state index is -0.421. The maximum Gasteiger partial charge on any atom is 0.129 e. The van der Waals surface area contributed by atoms with Crippen molar-refractivity contribution >= 4 is 0 Å². The molecule has 3 nitrogen and oxygen atoms in total. The lowest BCUT2D eigenvalue weighted by molar-refractivity contribution is -0.0504. The van der Waals surface area contributed by atoms with Crippen molar-refractivity contribution in [1.82, 2.24) is 0 Å². The molecule has 2 aliphatic rings. The van der Waals surface area contributed by atoms with Crippen LogP contribution in [0.15, 0.2) is 18.2 Å². The number of aliphatic hydroxyl groups excluding tert-OH is 1. The summed E-state index contributed by atoms with van der Waals surface area (Å²) in [4.78, 5) is 0. The molecular weight excluding hydrogens is 264 g/mol. The Labute approximate surface area is 127 Å². The Hall–Kier alpha value is -1.22. The Bertz CT molecular complexity index is 501. The smallest absolute Gasteiger partial charge is 0.129 e. The number of hydrogen-bond acceptors (Lipinski definition) is 3. The summed E-state index contributed by atoms with van der Waals surface area (Å²) in [5.74, 6) is 3.12. The number of ether oxygens (including phenoxy) is 2. The predicted octanol–water partition coefficient (Wildman–Crippen LogP) is 4.10. The van der Waals surface area contributed by atoms with E-state index in [0.29, 0.717) is 0 Å². The molecule has 1 aromatic carbocycles. The molecule has 0 bridgehead atoms. The van der Waals surface area contributed by atoms with E-state index in [0.717, 1.165) is 48.2 Å². The minimum absolute atomic E-state index is 0.176. The molecule has 1 aliphatic carbocycles. The molecule has 3 rings (SSSR count). The van der Waals surface area contributed by atoms with Gasteiger partial charge in [0.15, 0.2) is 0 Å². The number of methoxy groups -OCH3 is 1. The molecule has 1 aliphatic heterocycles. The monoisotopic (exact) mass is 290 g/mol. The Morgan fingerprint density at radius 1 is 1.29 bits per heavy atom. The van der Waals surface area contributed by atoms with Crippen LogP contribution in [0, 0.1) is 11.8 Å². The van der Waals surface area contributed by atoms with Crippen LogP contribution in [0.3, 0.4) is 0 Å². The van der Waals surface area contributed by atoms with Crippen molar-refractivity contribution in [2.24, 2.45) is 11.8 Å². The lowest BCUT2D eigenvalue weighted by Crippen LogP contribution is -2.44. The first kappa shape index (κ1) is 14.7. The van der Waals surface area contributed by atoms with Crippen molar-refractivity contribution in [1.29, 1.82) is 0 Å². The zero-order valence-electron chi connectivity index (χ0n) is 13.3. The van der Waals surface area contributed by atoms with E-state index < -0.39 is 6.10 Å². The molecule has 116 valence electrons. The van der Waals surface area contributed by atoms with Gasteiger partial charge in [0.05, 0.1) is 13.2 Å². The van der Waals surface area contributed by atoms with E-state index >= 15 is 0 Å². The summed E-state index contributed by atoms with van der Waals surface area (Å²) >= 11 is 0. The summed E-state index contributed by atoms with van der Waals surface area (Å²) < 4.78 is 11.6. The number of fused-ring (bicyclic) bond motifs is 1. The van der Waals surface area contributed by atoms with Crippen molar-refractivity contribution in [3.8, 4) is 11.5 Å². The highest BCUT2D eigenvalue weighted by atomic mass is 16.5. The molecular formula is C18H26O3. The first-order valence-electron chi connectivity index (χ1n) is 8.08. The van der Waals surface area contributed by atoms with Gasteiger partial charge < -0.3 is 14.6 Å². The zero-order chi connectivity index (χ0) is 15.0. The molecule has 1 aromatic rings. The van der Waals surface area contributed by atoms with E-state index in [2.05, 4.69) is 13.8 Å². The Balaban J connectivity index is 1.81. The van der Waals surface area contributed by atoms with Gasteiger partial charge in [0.2, 0.25) is 0 Å². The number of benzene rings is 1. The third-order valence-electron chi connectivity index (χ3n) is 5.36. The fourth-order valence-electron chi connectivity index (χ4n) is 3.88. The van der Waals surface area contributed by atoms with Crippen LogP contribution in [-0.2, 0) is 0 Å². The molecule has 21 heavy (non-hydrogen) atoms. The highest BCUT2D eigenvalue weighted by Crippen LogP contribution is 2.48. The Kier molecular flexibility index (Phi) is 3.87. The highest BCUT2D eigenvalue weighted by molar-refractivity contribution is 5.44. The normalized spacial score (nSPS) is 31.9. The first-order valence-corrected chi connectivity index (χ1v) is 8.08. The molecule has 1 saturated carbocycles. The standard InChI is InChI=1S/C18H26O3/c1-12(2)13-6-8-18(9-7-13)11-16(19)15-5-4-14(20-3)10-17(15)21-18/h4-5,10,12-13,16,19H,6-9,11H2,1-3H3/t13?,16-,18?/m0/s1. The van der Waals surface area contributed by atoms with Gasteiger partial charge in [0, 0.05) is 18.1 Å². The van der Waals surface area contributed by atoms with Crippen molar-refractivity contribution in [2.45, 2.75) is 57.7 Å². The van der Waals surface area contributed by atoms with Gasteiger partial charge in [0.1, 0.15) is 17.1 Å². The molecule has 0 saturated heterocycles. The second-order valence-corrected chi connectivity index (χ2v) is 6.99. The van der Waals surface area contributed by atoms with Gasteiger partial charge in [-0.3, -0.25) is 0 Å². The Morgan fingerprint density at radius 3 is 2.62 bits per heavy atom. The number of hydrogen-bond donors (Lipinski definition) is 1. The van der Waals surface area contributed by atoms with Crippen molar-refractivity contribution in [2.75, 3.05) is 7.11 Å². The Morgan fingerprint density at radius 2 is 2.00 bits per heavy atom. The SMILES string of the molecule is COc1ccc2c(c1)OC1(CCC(C(C)C)CC1)C[C@@H]2O. The van der Waals surface area contributed by atoms with Crippen LogP contribution in [-0.4, -0.2) is 17.8 Å². The summed E-state index contributed by atoms with van der Waals surface area (Å²) in [7, 11) is 1.66. The number of rotatable bonds is 2.